The van der Waals surface area contributed by atoms with Gasteiger partial charge in [-0.2, -0.15) is 9.37 Å². The van der Waals surface area contributed by atoms with Gasteiger partial charge in [-0.3, -0.25) is 28.8 Å². The molecule has 0 saturated carbocycles. The van der Waals surface area contributed by atoms with Crippen molar-refractivity contribution in [3.05, 3.63) is 243 Å². The van der Waals surface area contributed by atoms with E-state index in [2.05, 4.69) is 77.4 Å². The minimum Gasteiger partial charge on any atom is -0.349 e. The van der Waals surface area contributed by atoms with Gasteiger partial charge in [-0.1, -0.05) is 145 Å². The first-order valence-corrected chi connectivity index (χ1v) is 41.4. The highest BCUT2D eigenvalue weighted by Gasteiger charge is 2.43. The number of halogens is 7. The highest BCUT2D eigenvalue weighted by Crippen LogP contribution is 2.47. The Hall–Kier alpha value is -12.0. The second kappa shape index (κ2) is 36.4. The number of hydrogen-bond acceptors (Lipinski definition) is 19. The number of piperazine rings is 3. The molecule has 0 aliphatic carbocycles. The molecule has 0 bridgehead atoms. The fraction of sp³-hybridized carbons (Fsp3) is 0.348. The van der Waals surface area contributed by atoms with Crippen molar-refractivity contribution in [1.82, 2.24) is 68.9 Å². The minimum atomic E-state index is -0.835. The lowest BCUT2D eigenvalue weighted by molar-refractivity contribution is -0.131. The summed E-state index contributed by atoms with van der Waals surface area (Å²) in [6.45, 7) is 51.7. The molecule has 11 heterocycles. The van der Waals surface area contributed by atoms with Crippen LogP contribution in [-0.4, -0.2) is 174 Å². The number of aliphatic imine (C=N–C) groups is 2. The zero-order valence-corrected chi connectivity index (χ0v) is 73.3. The molecule has 122 heavy (non-hydrogen) atoms. The zero-order chi connectivity index (χ0) is 88.7. The van der Waals surface area contributed by atoms with Crippen LogP contribution in [0.4, 0.5) is 46.4 Å². The number of anilines is 5. The predicted octanol–water partition coefficient (Wildman–Crippen LogP) is 17.7. The molecule has 6 atom stereocenters. The lowest BCUT2D eigenvalue weighted by atomic mass is 9.95. The number of carbonyl (C=O) groups excluding carboxylic acids is 3. The summed E-state index contributed by atoms with van der Waals surface area (Å²) in [5, 5.41) is 1.29. The van der Waals surface area contributed by atoms with Crippen molar-refractivity contribution in [3.63, 3.8) is 0 Å². The van der Waals surface area contributed by atoms with Crippen LogP contribution in [0, 0.1) is 55.1 Å². The zero-order valence-electron chi connectivity index (χ0n) is 71.1. The molecule has 3 amide bonds. The smallest absolute Gasteiger partial charge is 0.349 e. The molecule has 3 saturated heterocycles. The average Bonchev–Trinajstić information content (AvgIpc) is 0.742. The first kappa shape index (κ1) is 89.3. The van der Waals surface area contributed by atoms with E-state index in [-0.39, 0.29) is 105 Å². The van der Waals surface area contributed by atoms with Gasteiger partial charge in [-0.15, -0.1) is 6.42 Å². The number of hydrogen-bond donors (Lipinski definition) is 0. The summed E-state index contributed by atoms with van der Waals surface area (Å²) in [5.41, 5.74) is 5.58. The van der Waals surface area contributed by atoms with E-state index in [0.29, 0.717) is 142 Å². The number of benzene rings is 3. The van der Waals surface area contributed by atoms with Gasteiger partial charge in [0.1, 0.15) is 58.1 Å². The molecule has 0 radical (unpaired) electrons. The lowest BCUT2D eigenvalue weighted by Gasteiger charge is -2.46. The fourth-order valence-electron chi connectivity index (χ4n) is 16.0. The number of terminal acetylenes is 1. The van der Waals surface area contributed by atoms with Crippen LogP contribution in [-0.2, 0) is 27.3 Å². The number of fused-ring (bicyclic) bond motifs is 3. The quantitative estimate of drug-likeness (QED) is 0.0427. The van der Waals surface area contributed by atoms with Gasteiger partial charge in [0.2, 0.25) is 17.7 Å². The fourth-order valence-corrected chi connectivity index (χ4v) is 16.7. The number of amides is 3. The first-order valence-electron chi connectivity index (χ1n) is 40.3. The van der Waals surface area contributed by atoms with E-state index >= 15 is 4.39 Å². The Morgan fingerprint density at radius 2 is 0.893 bits per heavy atom. The van der Waals surface area contributed by atoms with Crippen molar-refractivity contribution in [2.75, 3.05) is 54.0 Å². The van der Waals surface area contributed by atoms with Crippen molar-refractivity contribution in [1.29, 1.82) is 0 Å². The molecule has 9 aromatic rings. The van der Waals surface area contributed by atoms with Crippen molar-refractivity contribution in [3.8, 4) is 46.1 Å². The van der Waals surface area contributed by atoms with Crippen LogP contribution < -0.4 is 20.4 Å². The summed E-state index contributed by atoms with van der Waals surface area (Å²) in [7, 11) is 0. The number of amidine groups is 2. The lowest BCUT2D eigenvalue weighted by Crippen LogP contribution is -2.59. The van der Waals surface area contributed by atoms with Crippen molar-refractivity contribution in [2.24, 2.45) is 15.4 Å². The third kappa shape index (κ3) is 17.6. The van der Waals surface area contributed by atoms with Crippen LogP contribution in [0.15, 0.2) is 169 Å². The second-order valence-corrected chi connectivity index (χ2v) is 33.5. The van der Waals surface area contributed by atoms with E-state index in [0.717, 1.165) is 22.9 Å². The molecule has 23 nitrogen and oxygen atoms in total. The minimum absolute atomic E-state index is 0.0679. The van der Waals surface area contributed by atoms with Gasteiger partial charge in [-0.25, -0.2) is 62.8 Å². The van der Waals surface area contributed by atoms with Gasteiger partial charge in [0, 0.05) is 111 Å². The molecule has 6 aromatic heterocycles. The first-order chi connectivity index (χ1) is 57.8. The molecular weight excluding hydrogens is 1620 g/mol. The summed E-state index contributed by atoms with van der Waals surface area (Å²) in [6.07, 6.45) is 9.55. The van der Waals surface area contributed by atoms with Gasteiger partial charge in [0.05, 0.1) is 82.8 Å². The largest absolute Gasteiger partial charge is 0.351 e. The van der Waals surface area contributed by atoms with Crippen molar-refractivity contribution >= 4 is 104 Å². The van der Waals surface area contributed by atoms with E-state index < -0.39 is 34.6 Å². The van der Waals surface area contributed by atoms with Crippen LogP contribution in [0.1, 0.15) is 142 Å². The Kier molecular flexibility index (Phi) is 26.6. The van der Waals surface area contributed by atoms with Crippen molar-refractivity contribution < 1.29 is 31.9 Å². The summed E-state index contributed by atoms with van der Waals surface area (Å²) in [4.78, 5) is 113. The van der Waals surface area contributed by atoms with Crippen LogP contribution in [0.3, 0.4) is 0 Å². The monoisotopic (exact) mass is 1710 g/mol. The molecule has 634 valence electrons. The maximum atomic E-state index is 15.1. The average molecular weight is 1720 g/mol. The molecule has 3 aromatic carbocycles. The number of carbonyl (C=O) groups is 3. The molecular formula is C92H98Cl3F4N19O4. The Bertz CT molecular complexity index is 5910. The van der Waals surface area contributed by atoms with Crippen molar-refractivity contribution in [2.45, 2.75) is 165 Å². The van der Waals surface area contributed by atoms with Crippen LogP contribution in [0.2, 0.25) is 15.1 Å². The van der Waals surface area contributed by atoms with E-state index in [4.69, 9.17) is 76.1 Å². The molecule has 3 fully saturated rings. The molecule has 6 unspecified atom stereocenters. The van der Waals surface area contributed by atoms with E-state index in [1.54, 1.807) is 94.4 Å². The van der Waals surface area contributed by atoms with Gasteiger partial charge in [0.15, 0.2) is 11.6 Å². The van der Waals surface area contributed by atoms with Crippen LogP contribution in [0.5, 0.6) is 0 Å². The van der Waals surface area contributed by atoms with Gasteiger partial charge < -0.3 is 29.4 Å². The molecule has 0 spiro atoms. The van der Waals surface area contributed by atoms with Crippen LogP contribution in [0.25, 0.3) is 44.8 Å². The second-order valence-electron chi connectivity index (χ2n) is 32.3. The number of aryl methyl sites for hydroxylation is 3. The van der Waals surface area contributed by atoms with E-state index in [1.165, 1.54) is 41.0 Å². The Morgan fingerprint density at radius 1 is 0.516 bits per heavy atom. The molecule has 30 heteroatoms. The number of rotatable bonds is 14. The van der Waals surface area contributed by atoms with Gasteiger partial charge in [-0.05, 0) is 154 Å². The maximum absolute atomic E-state index is 15.1. The summed E-state index contributed by atoms with van der Waals surface area (Å²) in [5.74, 6) is 4.84. The number of nitrogens with zero attached hydrogens (tertiary/aromatic N) is 19. The standard InChI is InChI=1S/C33H37ClFN7O.C31H32ClF2N7O.C28H29ClFN5O2/c1-9-27-36-21(7)31(29(38-27)18(3)4)42-22(8)37-32(41-17-19(5)40(16-20(41)6)28(43)10-2)24-15-25(34)30(39-33(24)42)23-13-11-12-14-26(23)35;1-8-25(42)39-14-18(5)40(15-17(39)4)29-22-13-23(32)27(21-11-9-10-12-24(21)33)37-30(22)41(20(7)36-29)28-19(6)35-31(34)38-26(28)16(2)3;1-7-23(36)33-14-18(4)34(15-17(33)3)26-20-13-21(29)24(19-11-9-10-12-22(19)30)31-25(20)35(27(37)32-26)16-28(5,6)8-2/h10-15,18-20H,2,8-9,16-17H2,1,3-7H3;8-13,16-18H,1,7,14-15H2,2-6H3;2,7,9-13,17-18H,1,14-16H2,3-6H3. The number of aromatic nitrogens is 9. The third-order valence-electron chi connectivity index (χ3n) is 22.2. The molecule has 14 rings (SSSR count). The molecule has 0 N–H and O–H groups in total. The Morgan fingerprint density at radius 3 is 1.29 bits per heavy atom. The SMILES string of the molecule is C#CC(C)(C)Cn1c(=O)nc(N2CC(C)N(C(=O)C=C)CC2C)c2cc(Cl)c(-c3ccccc3F)nc21.C=CC(=O)N1CC(C)N(C2=NC(=C)N(c3c(C)nc(CC)nc3C(C)C)c3nc(-c4ccccc4F)c(Cl)cc32)CC1C.C=CC(=O)N1CC(C)N(C2=NC(=C)N(c3c(C)nc(F)nc3C(C)C)c3nc(-c4ccccc4F)c(Cl)cc32)CC1C. The normalized spacial score (nSPS) is 18.5. The summed E-state index contributed by atoms with van der Waals surface area (Å²) >= 11 is 20.3. The third-order valence-corrected chi connectivity index (χ3v) is 23.1. The van der Waals surface area contributed by atoms with E-state index in [9.17, 15) is 32.3 Å². The van der Waals surface area contributed by atoms with Gasteiger partial charge in [0.25, 0.3) is 0 Å². The Labute approximate surface area is 723 Å². The number of pyridine rings is 3. The highest BCUT2D eigenvalue weighted by molar-refractivity contribution is 6.35. The van der Waals surface area contributed by atoms with Crippen LogP contribution >= 0.6 is 34.8 Å². The summed E-state index contributed by atoms with van der Waals surface area (Å²) in [6, 6.07) is 23.4. The highest BCUT2D eigenvalue weighted by atomic mass is 35.5. The Balaban J connectivity index is 0.000000168. The van der Waals surface area contributed by atoms with Gasteiger partial charge >= 0.3 is 11.8 Å². The summed E-state index contributed by atoms with van der Waals surface area (Å²) < 4.78 is 60.6. The predicted molar refractivity (Wildman–Crippen MR) is 476 cm³/mol. The molecule has 5 aliphatic rings. The molecule has 5 aliphatic heterocycles. The van der Waals surface area contributed by atoms with E-state index in [1.807, 2.05) is 97.8 Å². The topological polar surface area (TPSA) is 227 Å². The maximum Gasteiger partial charge on any atom is 0.351 e.